The Hall–Kier alpha value is -1.92. The molecule has 0 radical (unpaired) electrons. The van der Waals surface area contributed by atoms with Gasteiger partial charge in [0.2, 0.25) is 0 Å². The molecule has 0 aliphatic heterocycles. The first kappa shape index (κ1) is 18.4. The second kappa shape index (κ2) is 8.26. The van der Waals surface area contributed by atoms with Crippen LogP contribution in [0.3, 0.4) is 0 Å². The van der Waals surface area contributed by atoms with Crippen molar-refractivity contribution in [2.45, 2.75) is 19.8 Å². The fourth-order valence-electron chi connectivity index (χ4n) is 1.80. The van der Waals surface area contributed by atoms with Crippen molar-refractivity contribution in [3.05, 3.63) is 57.3 Å². The van der Waals surface area contributed by atoms with Crippen LogP contribution in [0, 0.1) is 12.7 Å². The summed E-state index contributed by atoms with van der Waals surface area (Å²) in [4.78, 5) is 23.5. The van der Waals surface area contributed by atoms with Gasteiger partial charge in [-0.1, -0.05) is 11.6 Å². The standard InChI is InChI=1S/C17H13BrClFO4/c1-10-8-12(3-4-14(10)19)23-16(21)6-7-17(22)24-15-5-2-11(20)9-13(15)18/h2-5,8-9H,6-7H2,1H3. The van der Waals surface area contributed by atoms with Gasteiger partial charge in [-0.15, -0.1) is 0 Å². The first-order valence-electron chi connectivity index (χ1n) is 6.97. The van der Waals surface area contributed by atoms with E-state index in [0.29, 0.717) is 15.2 Å². The van der Waals surface area contributed by atoms with Crippen LogP contribution in [0.4, 0.5) is 4.39 Å². The first-order chi connectivity index (χ1) is 11.3. The zero-order valence-corrected chi connectivity index (χ0v) is 15.0. The molecule has 4 nitrogen and oxygen atoms in total. The SMILES string of the molecule is Cc1cc(OC(=O)CCC(=O)Oc2ccc(F)cc2Br)ccc1Cl. The smallest absolute Gasteiger partial charge is 0.311 e. The number of benzene rings is 2. The molecule has 0 heterocycles. The molecule has 0 aromatic heterocycles. The van der Waals surface area contributed by atoms with E-state index in [1.807, 2.05) is 0 Å². The topological polar surface area (TPSA) is 52.6 Å². The van der Waals surface area contributed by atoms with E-state index in [4.69, 9.17) is 21.1 Å². The zero-order valence-electron chi connectivity index (χ0n) is 12.6. The third-order valence-electron chi connectivity index (χ3n) is 3.01. The number of carbonyl (C=O) groups is 2. The van der Waals surface area contributed by atoms with Gasteiger partial charge < -0.3 is 9.47 Å². The molecule has 2 aromatic rings. The van der Waals surface area contributed by atoms with Crippen LogP contribution in [0.1, 0.15) is 18.4 Å². The van der Waals surface area contributed by atoms with Crippen LogP contribution in [0.15, 0.2) is 40.9 Å². The summed E-state index contributed by atoms with van der Waals surface area (Å²) in [6.07, 6.45) is -0.297. The highest BCUT2D eigenvalue weighted by Gasteiger charge is 2.13. The van der Waals surface area contributed by atoms with E-state index >= 15 is 0 Å². The van der Waals surface area contributed by atoms with E-state index < -0.39 is 17.8 Å². The zero-order chi connectivity index (χ0) is 17.7. The van der Waals surface area contributed by atoms with Gasteiger partial charge in [0.1, 0.15) is 17.3 Å². The van der Waals surface area contributed by atoms with E-state index in [1.165, 1.54) is 18.2 Å². The summed E-state index contributed by atoms with van der Waals surface area (Å²) in [6.45, 7) is 1.79. The van der Waals surface area contributed by atoms with E-state index in [9.17, 15) is 14.0 Å². The van der Waals surface area contributed by atoms with Crippen molar-refractivity contribution in [1.82, 2.24) is 0 Å². The average Bonchev–Trinajstić information content (AvgIpc) is 2.52. The average molecular weight is 416 g/mol. The molecule has 0 N–H and O–H groups in total. The summed E-state index contributed by atoms with van der Waals surface area (Å²) in [5.41, 5.74) is 0.780. The molecule has 0 bridgehead atoms. The van der Waals surface area contributed by atoms with Crippen molar-refractivity contribution in [2.24, 2.45) is 0 Å². The summed E-state index contributed by atoms with van der Waals surface area (Å²) in [5.74, 6) is -1.10. The number of halogens is 3. The van der Waals surface area contributed by atoms with Crippen LogP contribution in [0.25, 0.3) is 0 Å². The normalized spacial score (nSPS) is 10.3. The van der Waals surface area contributed by atoms with Crippen LogP contribution in [-0.2, 0) is 9.59 Å². The number of aryl methyl sites for hydroxylation is 1. The van der Waals surface area contributed by atoms with Crippen LogP contribution >= 0.6 is 27.5 Å². The molecule has 0 unspecified atom stereocenters. The Morgan fingerprint density at radius 2 is 1.75 bits per heavy atom. The minimum absolute atomic E-state index is 0.140. The minimum atomic E-state index is -0.619. The maximum absolute atomic E-state index is 13.0. The van der Waals surface area contributed by atoms with Crippen molar-refractivity contribution in [2.75, 3.05) is 0 Å². The molecular formula is C17H13BrClFO4. The van der Waals surface area contributed by atoms with Gasteiger partial charge in [-0.05, 0) is 64.8 Å². The molecule has 7 heteroatoms. The van der Waals surface area contributed by atoms with Gasteiger partial charge in [0.05, 0.1) is 17.3 Å². The van der Waals surface area contributed by atoms with Crippen molar-refractivity contribution in [3.8, 4) is 11.5 Å². The molecular weight excluding hydrogens is 403 g/mol. The molecule has 24 heavy (non-hydrogen) atoms. The number of hydrogen-bond donors (Lipinski definition) is 0. The van der Waals surface area contributed by atoms with Crippen LogP contribution in [0.5, 0.6) is 11.5 Å². The van der Waals surface area contributed by atoms with Gasteiger partial charge >= 0.3 is 11.9 Å². The third-order valence-corrected chi connectivity index (χ3v) is 4.06. The van der Waals surface area contributed by atoms with Crippen molar-refractivity contribution >= 4 is 39.5 Å². The number of rotatable bonds is 5. The van der Waals surface area contributed by atoms with Gasteiger partial charge in [0.25, 0.3) is 0 Å². The Labute approximate surface area is 151 Å². The molecule has 0 aliphatic carbocycles. The monoisotopic (exact) mass is 414 g/mol. The predicted molar refractivity (Wildman–Crippen MR) is 90.8 cm³/mol. The summed E-state index contributed by atoms with van der Waals surface area (Å²) < 4.78 is 23.5. The summed E-state index contributed by atoms with van der Waals surface area (Å²) in [5, 5.41) is 0.572. The second-order valence-electron chi connectivity index (χ2n) is 4.93. The maximum atomic E-state index is 13.0. The summed E-state index contributed by atoms with van der Waals surface area (Å²) in [7, 11) is 0. The quantitative estimate of drug-likeness (QED) is 0.518. The molecule has 0 atom stereocenters. The number of carbonyl (C=O) groups excluding carboxylic acids is 2. The Balaban J connectivity index is 1.84. The maximum Gasteiger partial charge on any atom is 0.311 e. The number of esters is 2. The molecule has 0 aliphatic rings. The second-order valence-corrected chi connectivity index (χ2v) is 6.20. The lowest BCUT2D eigenvalue weighted by Gasteiger charge is -2.07. The highest BCUT2D eigenvalue weighted by Crippen LogP contribution is 2.26. The fraction of sp³-hybridized carbons (Fsp3) is 0.176. The first-order valence-corrected chi connectivity index (χ1v) is 8.15. The minimum Gasteiger partial charge on any atom is -0.427 e. The Morgan fingerprint density at radius 1 is 1.08 bits per heavy atom. The van der Waals surface area contributed by atoms with Gasteiger partial charge in [-0.2, -0.15) is 0 Å². The lowest BCUT2D eigenvalue weighted by Crippen LogP contribution is -2.14. The Bertz CT molecular complexity index is 779. The van der Waals surface area contributed by atoms with Gasteiger partial charge in [0.15, 0.2) is 0 Å². The molecule has 0 spiro atoms. The Morgan fingerprint density at radius 3 is 2.38 bits per heavy atom. The molecule has 0 saturated heterocycles. The van der Waals surface area contributed by atoms with Gasteiger partial charge in [-0.25, -0.2) is 4.39 Å². The lowest BCUT2D eigenvalue weighted by molar-refractivity contribution is -0.140. The van der Waals surface area contributed by atoms with Crippen molar-refractivity contribution < 1.29 is 23.5 Å². The summed E-state index contributed by atoms with van der Waals surface area (Å²) in [6, 6.07) is 8.51. The molecule has 126 valence electrons. The van der Waals surface area contributed by atoms with E-state index in [1.54, 1.807) is 25.1 Å². The Kier molecular flexibility index (Phi) is 6.34. The van der Waals surface area contributed by atoms with Crippen molar-refractivity contribution in [1.29, 1.82) is 0 Å². The van der Waals surface area contributed by atoms with E-state index in [2.05, 4.69) is 15.9 Å². The van der Waals surface area contributed by atoms with Crippen LogP contribution in [-0.4, -0.2) is 11.9 Å². The number of hydrogen-bond acceptors (Lipinski definition) is 4. The third kappa shape index (κ3) is 5.32. The highest BCUT2D eigenvalue weighted by atomic mass is 79.9. The lowest BCUT2D eigenvalue weighted by atomic mass is 10.2. The van der Waals surface area contributed by atoms with E-state index in [-0.39, 0.29) is 18.6 Å². The van der Waals surface area contributed by atoms with Gasteiger partial charge in [-0.3, -0.25) is 9.59 Å². The molecule has 2 aromatic carbocycles. The fourth-order valence-corrected chi connectivity index (χ4v) is 2.35. The summed E-state index contributed by atoms with van der Waals surface area (Å²) >= 11 is 8.98. The van der Waals surface area contributed by atoms with E-state index in [0.717, 1.165) is 5.56 Å². The van der Waals surface area contributed by atoms with Crippen molar-refractivity contribution in [3.63, 3.8) is 0 Å². The molecule has 0 saturated carbocycles. The molecule has 2 rings (SSSR count). The van der Waals surface area contributed by atoms with Gasteiger partial charge in [0, 0.05) is 5.02 Å². The van der Waals surface area contributed by atoms with Crippen LogP contribution < -0.4 is 9.47 Å². The van der Waals surface area contributed by atoms with Crippen LogP contribution in [0.2, 0.25) is 5.02 Å². The predicted octanol–water partition coefficient (Wildman–Crippen LogP) is 4.84. The highest BCUT2D eigenvalue weighted by molar-refractivity contribution is 9.10. The molecule has 0 fully saturated rings. The molecule has 0 amide bonds. The largest absolute Gasteiger partial charge is 0.427 e. The number of ether oxygens (including phenoxy) is 2.